The molecule has 1 aromatic heterocycles. The molecule has 0 amide bonds. The first-order valence-corrected chi connectivity index (χ1v) is 6.64. The van der Waals surface area contributed by atoms with Gasteiger partial charge in [-0.05, 0) is 42.7 Å². The van der Waals surface area contributed by atoms with Gasteiger partial charge in [0.25, 0.3) is 0 Å². The zero-order chi connectivity index (χ0) is 12.4. The summed E-state index contributed by atoms with van der Waals surface area (Å²) in [4.78, 5) is 13.7. The quantitative estimate of drug-likeness (QED) is 0.720. The topological polar surface area (TPSA) is 17.1 Å². The molecule has 1 heterocycles. The Morgan fingerprint density at radius 2 is 1.94 bits per heavy atom. The second-order valence-electron chi connectivity index (χ2n) is 4.19. The first-order valence-electron chi connectivity index (χ1n) is 5.83. The van der Waals surface area contributed by atoms with E-state index >= 15 is 0 Å². The SMILES string of the molecule is CCC(=O)c1ccc(-c2cccc(C)c2C)s1. The molecule has 0 aliphatic carbocycles. The molecule has 0 spiro atoms. The lowest BCUT2D eigenvalue weighted by Crippen LogP contribution is -1.90. The molecule has 1 aromatic carbocycles. The number of rotatable bonds is 3. The summed E-state index contributed by atoms with van der Waals surface area (Å²) >= 11 is 1.59. The van der Waals surface area contributed by atoms with E-state index in [2.05, 4.69) is 38.1 Å². The minimum atomic E-state index is 0.228. The van der Waals surface area contributed by atoms with Crippen LogP contribution in [0.15, 0.2) is 30.3 Å². The van der Waals surface area contributed by atoms with Crippen molar-refractivity contribution in [2.75, 3.05) is 0 Å². The fraction of sp³-hybridized carbons (Fsp3) is 0.267. The summed E-state index contributed by atoms with van der Waals surface area (Å²) in [6.45, 7) is 6.15. The molecule has 17 heavy (non-hydrogen) atoms. The number of ketones is 1. The van der Waals surface area contributed by atoms with Crippen LogP contribution < -0.4 is 0 Å². The Bertz CT molecular complexity index is 552. The smallest absolute Gasteiger partial charge is 0.172 e. The summed E-state index contributed by atoms with van der Waals surface area (Å²) in [7, 11) is 0. The predicted octanol–water partition coefficient (Wildman–Crippen LogP) is 4.62. The molecule has 0 fully saturated rings. The van der Waals surface area contributed by atoms with Gasteiger partial charge in [-0.2, -0.15) is 0 Å². The molecule has 0 aliphatic heterocycles. The molecular formula is C15H16OS. The second kappa shape index (κ2) is 4.84. The molecule has 2 rings (SSSR count). The van der Waals surface area contributed by atoms with Gasteiger partial charge in [0.2, 0.25) is 0 Å². The Labute approximate surface area is 106 Å². The van der Waals surface area contributed by atoms with Crippen LogP contribution >= 0.6 is 11.3 Å². The van der Waals surface area contributed by atoms with E-state index in [1.54, 1.807) is 11.3 Å². The van der Waals surface area contributed by atoms with Crippen molar-refractivity contribution in [1.29, 1.82) is 0 Å². The third-order valence-corrected chi connectivity index (χ3v) is 4.23. The average molecular weight is 244 g/mol. The summed E-state index contributed by atoms with van der Waals surface area (Å²) in [5, 5.41) is 0. The van der Waals surface area contributed by atoms with Gasteiger partial charge in [0.15, 0.2) is 5.78 Å². The fourth-order valence-electron chi connectivity index (χ4n) is 1.82. The molecule has 2 heteroatoms. The highest BCUT2D eigenvalue weighted by Gasteiger charge is 2.10. The Morgan fingerprint density at radius 1 is 1.18 bits per heavy atom. The van der Waals surface area contributed by atoms with E-state index in [0.717, 1.165) is 4.88 Å². The molecule has 0 saturated carbocycles. The van der Waals surface area contributed by atoms with Gasteiger partial charge < -0.3 is 0 Å². The maximum Gasteiger partial charge on any atom is 0.172 e. The van der Waals surface area contributed by atoms with Crippen LogP contribution in [0.1, 0.15) is 34.1 Å². The van der Waals surface area contributed by atoms with Crippen molar-refractivity contribution < 1.29 is 4.79 Å². The molecule has 0 aliphatic rings. The number of Topliss-reactive ketones (excluding diaryl/α,β-unsaturated/α-hetero) is 1. The van der Waals surface area contributed by atoms with Crippen LogP contribution in [0.2, 0.25) is 0 Å². The summed E-state index contributed by atoms with van der Waals surface area (Å²) < 4.78 is 0. The predicted molar refractivity (Wildman–Crippen MR) is 73.9 cm³/mol. The lowest BCUT2D eigenvalue weighted by atomic mass is 10.0. The fourth-order valence-corrected chi connectivity index (χ4v) is 2.92. The largest absolute Gasteiger partial charge is 0.293 e. The number of hydrogen-bond acceptors (Lipinski definition) is 2. The van der Waals surface area contributed by atoms with E-state index in [0.29, 0.717) is 6.42 Å². The summed E-state index contributed by atoms with van der Waals surface area (Å²) in [6, 6.07) is 10.3. The second-order valence-corrected chi connectivity index (χ2v) is 5.27. The van der Waals surface area contributed by atoms with Gasteiger partial charge in [-0.1, -0.05) is 25.1 Å². The van der Waals surface area contributed by atoms with Gasteiger partial charge in [-0.3, -0.25) is 4.79 Å². The monoisotopic (exact) mass is 244 g/mol. The zero-order valence-electron chi connectivity index (χ0n) is 10.4. The molecule has 0 radical (unpaired) electrons. The van der Waals surface area contributed by atoms with Crippen LogP contribution in [0.3, 0.4) is 0 Å². The summed E-state index contributed by atoms with van der Waals surface area (Å²) in [5.41, 5.74) is 3.83. The lowest BCUT2D eigenvalue weighted by molar-refractivity contribution is 0.0992. The number of aryl methyl sites for hydroxylation is 1. The van der Waals surface area contributed by atoms with Crippen LogP contribution in [0.5, 0.6) is 0 Å². The third-order valence-electron chi connectivity index (χ3n) is 3.07. The van der Waals surface area contributed by atoms with E-state index in [4.69, 9.17) is 0 Å². The number of thiophene rings is 1. The molecule has 0 saturated heterocycles. The van der Waals surface area contributed by atoms with E-state index < -0.39 is 0 Å². The van der Waals surface area contributed by atoms with Gasteiger partial charge >= 0.3 is 0 Å². The molecular weight excluding hydrogens is 228 g/mol. The van der Waals surface area contributed by atoms with Crippen molar-refractivity contribution in [2.45, 2.75) is 27.2 Å². The third kappa shape index (κ3) is 2.32. The van der Waals surface area contributed by atoms with Crippen molar-refractivity contribution in [3.05, 3.63) is 46.3 Å². The van der Waals surface area contributed by atoms with Gasteiger partial charge in [0.1, 0.15) is 0 Å². The van der Waals surface area contributed by atoms with Crippen molar-refractivity contribution in [2.24, 2.45) is 0 Å². The maximum absolute atomic E-state index is 11.6. The highest BCUT2D eigenvalue weighted by Crippen LogP contribution is 2.32. The first-order chi connectivity index (χ1) is 8.13. The maximum atomic E-state index is 11.6. The molecule has 0 N–H and O–H groups in total. The summed E-state index contributed by atoms with van der Waals surface area (Å²) in [5.74, 6) is 0.228. The normalized spacial score (nSPS) is 10.5. The number of carbonyl (C=O) groups excluding carboxylic acids is 1. The highest BCUT2D eigenvalue weighted by molar-refractivity contribution is 7.17. The van der Waals surface area contributed by atoms with E-state index in [1.807, 2.05) is 13.0 Å². The van der Waals surface area contributed by atoms with Crippen molar-refractivity contribution in [1.82, 2.24) is 0 Å². The molecule has 88 valence electrons. The zero-order valence-corrected chi connectivity index (χ0v) is 11.2. The molecule has 0 atom stereocenters. The number of hydrogen-bond donors (Lipinski definition) is 0. The molecule has 2 aromatic rings. The molecule has 1 nitrogen and oxygen atoms in total. The molecule has 0 unspecified atom stereocenters. The van der Waals surface area contributed by atoms with Gasteiger partial charge in [0.05, 0.1) is 4.88 Å². The summed E-state index contributed by atoms with van der Waals surface area (Å²) in [6.07, 6.45) is 0.576. The van der Waals surface area contributed by atoms with Crippen molar-refractivity contribution >= 4 is 17.1 Å². The van der Waals surface area contributed by atoms with Gasteiger partial charge in [-0.15, -0.1) is 11.3 Å². The first kappa shape index (κ1) is 12.1. The minimum absolute atomic E-state index is 0.228. The Balaban J connectivity index is 2.44. The number of carbonyl (C=O) groups is 1. The van der Waals surface area contributed by atoms with Crippen LogP contribution in [0.25, 0.3) is 10.4 Å². The van der Waals surface area contributed by atoms with Gasteiger partial charge in [-0.25, -0.2) is 0 Å². The molecule has 0 bridgehead atoms. The van der Waals surface area contributed by atoms with E-state index in [1.165, 1.54) is 21.6 Å². The van der Waals surface area contributed by atoms with Crippen LogP contribution in [-0.4, -0.2) is 5.78 Å². The Hall–Kier alpha value is -1.41. The standard InChI is InChI=1S/C15H16OS/c1-4-13(16)15-9-8-14(17-15)12-7-5-6-10(2)11(12)3/h5-9H,4H2,1-3H3. The van der Waals surface area contributed by atoms with E-state index in [-0.39, 0.29) is 5.78 Å². The van der Waals surface area contributed by atoms with E-state index in [9.17, 15) is 4.79 Å². The Morgan fingerprint density at radius 3 is 2.65 bits per heavy atom. The average Bonchev–Trinajstić information content (AvgIpc) is 2.81. The van der Waals surface area contributed by atoms with Crippen molar-refractivity contribution in [3.63, 3.8) is 0 Å². The van der Waals surface area contributed by atoms with Crippen LogP contribution in [-0.2, 0) is 0 Å². The van der Waals surface area contributed by atoms with Crippen LogP contribution in [0, 0.1) is 13.8 Å². The number of benzene rings is 1. The lowest BCUT2D eigenvalue weighted by Gasteiger charge is -2.05. The Kier molecular flexibility index (Phi) is 3.43. The van der Waals surface area contributed by atoms with Crippen LogP contribution in [0.4, 0.5) is 0 Å². The van der Waals surface area contributed by atoms with Crippen molar-refractivity contribution in [3.8, 4) is 10.4 Å². The van der Waals surface area contributed by atoms with Gasteiger partial charge in [0, 0.05) is 11.3 Å². The highest BCUT2D eigenvalue weighted by atomic mass is 32.1. The minimum Gasteiger partial charge on any atom is -0.293 e.